The van der Waals surface area contributed by atoms with Crippen molar-refractivity contribution in [1.29, 1.82) is 0 Å². The predicted octanol–water partition coefficient (Wildman–Crippen LogP) is 4.47. The summed E-state index contributed by atoms with van der Waals surface area (Å²) in [6.45, 7) is 9.60. The van der Waals surface area contributed by atoms with Gasteiger partial charge in [-0.05, 0) is 58.7 Å². The van der Waals surface area contributed by atoms with Crippen molar-refractivity contribution in [3.63, 3.8) is 0 Å². The molecule has 3 heterocycles. The molecule has 3 N–H and O–H groups in total. The van der Waals surface area contributed by atoms with Crippen molar-refractivity contribution in [3.8, 4) is 0 Å². The van der Waals surface area contributed by atoms with E-state index in [1.165, 1.54) is 6.20 Å². The van der Waals surface area contributed by atoms with E-state index in [0.29, 0.717) is 29.0 Å². The maximum atomic E-state index is 12.7. The summed E-state index contributed by atoms with van der Waals surface area (Å²) < 4.78 is 14.7. The summed E-state index contributed by atoms with van der Waals surface area (Å²) in [5, 5.41) is 22.2. The van der Waals surface area contributed by atoms with E-state index in [9.17, 15) is 9.67 Å². The van der Waals surface area contributed by atoms with E-state index in [2.05, 4.69) is 30.6 Å². The molecule has 35 heavy (non-hydrogen) atoms. The van der Waals surface area contributed by atoms with Crippen LogP contribution in [0.3, 0.4) is 0 Å². The first-order chi connectivity index (χ1) is 16.5. The molecular weight excluding hydrogens is 485 g/mol. The number of piperidine rings is 1. The lowest BCUT2D eigenvalue weighted by Crippen LogP contribution is -2.44. The van der Waals surface area contributed by atoms with Gasteiger partial charge in [-0.1, -0.05) is 23.7 Å². The molecule has 9 nitrogen and oxygen atoms in total. The summed E-state index contributed by atoms with van der Waals surface area (Å²) in [4.78, 5) is 11.1. The average molecular weight is 518 g/mol. The average Bonchev–Trinajstić information content (AvgIpc) is 3.23. The van der Waals surface area contributed by atoms with Gasteiger partial charge in [-0.25, -0.2) is 4.98 Å². The second-order valence-electron chi connectivity index (χ2n) is 10.1. The topological polar surface area (TPSA) is 108 Å². The molecular formula is C24H33ClN7O2P. The Bertz CT molecular complexity index is 1220. The molecule has 1 aromatic carbocycles. The predicted molar refractivity (Wildman–Crippen MR) is 142 cm³/mol. The van der Waals surface area contributed by atoms with Gasteiger partial charge in [0, 0.05) is 24.6 Å². The van der Waals surface area contributed by atoms with Crippen LogP contribution < -0.4 is 15.9 Å². The number of nitrogens with one attached hydrogen (secondary N) is 2. The highest BCUT2D eigenvalue weighted by Crippen LogP contribution is 2.38. The number of anilines is 4. The van der Waals surface area contributed by atoms with Crippen molar-refractivity contribution >= 4 is 47.2 Å². The number of para-hydroxylation sites is 1. The van der Waals surface area contributed by atoms with E-state index in [1.807, 2.05) is 49.0 Å². The highest BCUT2D eigenvalue weighted by Gasteiger charge is 2.26. The normalized spacial score (nSPS) is 17.4. The number of aromatic nitrogens is 4. The Kier molecular flexibility index (Phi) is 7.52. The second kappa shape index (κ2) is 10.3. The molecule has 188 valence electrons. The third-order valence-corrected chi connectivity index (χ3v) is 7.63. The Labute approximate surface area is 211 Å². The molecule has 0 aliphatic carbocycles. The summed E-state index contributed by atoms with van der Waals surface area (Å²) in [7, 11) is -2.49. The van der Waals surface area contributed by atoms with E-state index < -0.39 is 12.7 Å². The number of aliphatic hydroxyl groups is 1. The Morgan fingerprint density at radius 3 is 2.74 bits per heavy atom. The molecule has 3 aromatic rings. The van der Waals surface area contributed by atoms with Crippen LogP contribution in [-0.2, 0) is 4.57 Å². The standard InChI is InChI=1S/C24H33ClN7O2P/c1-24(2,33)16-31-11-7-8-18(15-31)32-14-17(12-27-32)28-23-26-13-19(25)22(30-23)29-20-9-5-6-10-21(20)35(3,4)34/h5-6,9-10,12-14,18,33H,7-8,11,15-16H2,1-4H3,(H2,26,28,29,30)/t18-/m0/s1. The van der Waals surface area contributed by atoms with Crippen molar-refractivity contribution in [2.24, 2.45) is 0 Å². The van der Waals surface area contributed by atoms with Gasteiger partial charge in [-0.3, -0.25) is 9.58 Å². The zero-order valence-electron chi connectivity index (χ0n) is 20.6. The van der Waals surface area contributed by atoms with E-state index in [4.69, 9.17) is 11.6 Å². The first-order valence-electron chi connectivity index (χ1n) is 11.7. The van der Waals surface area contributed by atoms with E-state index in [-0.39, 0.29) is 6.04 Å². The van der Waals surface area contributed by atoms with Crippen LogP contribution in [0, 0.1) is 0 Å². The molecule has 1 saturated heterocycles. The highest BCUT2D eigenvalue weighted by molar-refractivity contribution is 7.70. The third-order valence-electron chi connectivity index (χ3n) is 5.80. The van der Waals surface area contributed by atoms with Crippen molar-refractivity contribution < 1.29 is 9.67 Å². The molecule has 1 aliphatic rings. The molecule has 4 rings (SSSR count). The van der Waals surface area contributed by atoms with Gasteiger partial charge < -0.3 is 20.3 Å². The van der Waals surface area contributed by atoms with Gasteiger partial charge in [-0.2, -0.15) is 10.1 Å². The molecule has 0 bridgehead atoms. The quantitative estimate of drug-likeness (QED) is 0.376. The van der Waals surface area contributed by atoms with Crippen molar-refractivity contribution in [1.82, 2.24) is 24.6 Å². The fourth-order valence-corrected chi connectivity index (χ4v) is 5.65. The minimum Gasteiger partial charge on any atom is -0.389 e. The lowest BCUT2D eigenvalue weighted by atomic mass is 10.0. The van der Waals surface area contributed by atoms with Gasteiger partial charge in [0.05, 0.1) is 35.4 Å². The number of hydrogen-bond acceptors (Lipinski definition) is 8. The SMILES string of the molecule is CC(C)(O)CN1CCC[C@H](n2cc(Nc3ncc(Cl)c(Nc4ccccc4P(C)(C)=O)n3)cn2)C1. The van der Waals surface area contributed by atoms with Crippen LogP contribution in [-0.4, -0.2) is 68.3 Å². The van der Waals surface area contributed by atoms with Crippen LogP contribution in [0.15, 0.2) is 42.9 Å². The first-order valence-corrected chi connectivity index (χ1v) is 14.7. The van der Waals surface area contributed by atoms with Gasteiger partial charge in [0.15, 0.2) is 5.82 Å². The molecule has 0 radical (unpaired) electrons. The minimum atomic E-state index is -2.49. The van der Waals surface area contributed by atoms with Gasteiger partial charge in [0.1, 0.15) is 12.2 Å². The maximum Gasteiger partial charge on any atom is 0.229 e. The lowest BCUT2D eigenvalue weighted by Gasteiger charge is -2.36. The van der Waals surface area contributed by atoms with Crippen LogP contribution in [0.5, 0.6) is 0 Å². The molecule has 0 amide bonds. The van der Waals surface area contributed by atoms with Gasteiger partial charge in [0.2, 0.25) is 5.95 Å². The van der Waals surface area contributed by atoms with Crippen molar-refractivity contribution in [2.45, 2.75) is 38.3 Å². The Morgan fingerprint density at radius 1 is 1.23 bits per heavy atom. The van der Waals surface area contributed by atoms with E-state index >= 15 is 0 Å². The first kappa shape index (κ1) is 25.6. The Morgan fingerprint density at radius 2 is 2.00 bits per heavy atom. The number of nitrogens with zero attached hydrogens (tertiary/aromatic N) is 5. The highest BCUT2D eigenvalue weighted by atomic mass is 35.5. The Balaban J connectivity index is 1.47. The van der Waals surface area contributed by atoms with E-state index in [1.54, 1.807) is 19.5 Å². The monoisotopic (exact) mass is 517 g/mol. The lowest BCUT2D eigenvalue weighted by molar-refractivity contribution is 0.0218. The van der Waals surface area contributed by atoms with E-state index in [0.717, 1.165) is 36.9 Å². The zero-order valence-corrected chi connectivity index (χ0v) is 22.2. The molecule has 1 atom stereocenters. The fraction of sp³-hybridized carbons (Fsp3) is 0.458. The van der Waals surface area contributed by atoms with Gasteiger partial charge in [0.25, 0.3) is 0 Å². The zero-order chi connectivity index (χ0) is 25.2. The molecule has 0 unspecified atom stereocenters. The molecule has 2 aromatic heterocycles. The molecule has 0 spiro atoms. The third kappa shape index (κ3) is 6.82. The van der Waals surface area contributed by atoms with Crippen LogP contribution in [0.1, 0.15) is 32.7 Å². The number of halogens is 1. The Hall–Kier alpha value is -2.45. The number of rotatable bonds is 8. The summed E-state index contributed by atoms with van der Waals surface area (Å²) in [5.41, 5.74) is 0.750. The van der Waals surface area contributed by atoms with Crippen LogP contribution in [0.25, 0.3) is 0 Å². The number of benzene rings is 1. The number of likely N-dealkylation sites (tertiary alicyclic amines) is 1. The minimum absolute atomic E-state index is 0.236. The molecule has 1 aliphatic heterocycles. The number of β-amino-alcohol motifs (C(OH)–C–C–N with tert-alkyl or cyclic N) is 1. The maximum absolute atomic E-state index is 12.7. The van der Waals surface area contributed by atoms with Crippen molar-refractivity contribution in [2.75, 3.05) is 43.6 Å². The van der Waals surface area contributed by atoms with Crippen LogP contribution in [0.4, 0.5) is 23.1 Å². The molecule has 1 fully saturated rings. The summed E-state index contributed by atoms with van der Waals surface area (Å²) in [6.07, 6.45) is 7.32. The van der Waals surface area contributed by atoms with Gasteiger partial charge >= 0.3 is 0 Å². The van der Waals surface area contributed by atoms with Crippen molar-refractivity contribution in [3.05, 3.63) is 47.9 Å². The van der Waals surface area contributed by atoms with Crippen LogP contribution in [0.2, 0.25) is 5.02 Å². The fourth-order valence-electron chi connectivity index (χ4n) is 4.36. The largest absolute Gasteiger partial charge is 0.389 e. The molecule has 0 saturated carbocycles. The summed E-state index contributed by atoms with van der Waals surface area (Å²) in [6, 6.07) is 7.68. The second-order valence-corrected chi connectivity index (χ2v) is 13.7. The summed E-state index contributed by atoms with van der Waals surface area (Å²) in [5.74, 6) is 0.796. The van der Waals surface area contributed by atoms with Crippen LogP contribution >= 0.6 is 18.7 Å². The summed E-state index contributed by atoms with van der Waals surface area (Å²) >= 11 is 6.36. The number of hydrogen-bond donors (Lipinski definition) is 3. The van der Waals surface area contributed by atoms with Gasteiger partial charge in [-0.15, -0.1) is 0 Å². The smallest absolute Gasteiger partial charge is 0.229 e. The molecule has 11 heteroatoms.